The van der Waals surface area contributed by atoms with Gasteiger partial charge in [0, 0.05) is 24.5 Å². The molecule has 0 spiro atoms. The van der Waals surface area contributed by atoms with Crippen molar-refractivity contribution >= 4 is 25.8 Å². The summed E-state index contributed by atoms with van der Waals surface area (Å²) in [6.45, 7) is 5.90. The van der Waals surface area contributed by atoms with E-state index in [1.807, 2.05) is 6.92 Å². The van der Waals surface area contributed by atoms with E-state index in [-0.39, 0.29) is 6.04 Å². The van der Waals surface area contributed by atoms with E-state index >= 15 is 0 Å². The van der Waals surface area contributed by atoms with Crippen molar-refractivity contribution < 1.29 is 8.42 Å². The van der Waals surface area contributed by atoms with Gasteiger partial charge in [-0.25, -0.2) is 8.42 Å². The molecule has 0 aliphatic carbocycles. The SMILES string of the molecule is CCC(CBr)CN1CCS(=O)(=O)CC1C. The summed E-state index contributed by atoms with van der Waals surface area (Å²) in [6, 6.07) is 0.178. The van der Waals surface area contributed by atoms with Crippen molar-refractivity contribution in [3.05, 3.63) is 0 Å². The fourth-order valence-electron chi connectivity index (χ4n) is 1.92. The maximum Gasteiger partial charge on any atom is 0.153 e. The van der Waals surface area contributed by atoms with Gasteiger partial charge in [-0.05, 0) is 12.8 Å². The number of sulfone groups is 1. The van der Waals surface area contributed by atoms with Crippen LogP contribution in [0.5, 0.6) is 0 Å². The lowest BCUT2D eigenvalue weighted by molar-refractivity contribution is 0.197. The normalized spacial score (nSPS) is 28.9. The molecule has 15 heavy (non-hydrogen) atoms. The molecule has 0 aromatic rings. The van der Waals surface area contributed by atoms with Crippen molar-refractivity contribution in [3.63, 3.8) is 0 Å². The molecule has 0 amide bonds. The molecule has 1 aliphatic rings. The zero-order valence-electron chi connectivity index (χ0n) is 9.45. The van der Waals surface area contributed by atoms with Crippen LogP contribution >= 0.6 is 15.9 Å². The number of hydrogen-bond donors (Lipinski definition) is 0. The van der Waals surface area contributed by atoms with Gasteiger partial charge in [-0.3, -0.25) is 4.90 Å². The Morgan fingerprint density at radius 3 is 2.67 bits per heavy atom. The highest BCUT2D eigenvalue weighted by Gasteiger charge is 2.28. The van der Waals surface area contributed by atoms with Crippen molar-refractivity contribution in [3.8, 4) is 0 Å². The van der Waals surface area contributed by atoms with Gasteiger partial charge in [0.1, 0.15) is 0 Å². The molecule has 90 valence electrons. The minimum Gasteiger partial charge on any atom is -0.298 e. The zero-order valence-corrected chi connectivity index (χ0v) is 11.8. The summed E-state index contributed by atoms with van der Waals surface area (Å²) in [5.41, 5.74) is 0. The van der Waals surface area contributed by atoms with Gasteiger partial charge in [-0.1, -0.05) is 29.3 Å². The Bertz CT molecular complexity index is 288. The number of hydrogen-bond acceptors (Lipinski definition) is 3. The molecule has 0 saturated carbocycles. The van der Waals surface area contributed by atoms with Gasteiger partial charge >= 0.3 is 0 Å². The molecule has 0 N–H and O–H groups in total. The Hall–Kier alpha value is 0.390. The van der Waals surface area contributed by atoms with E-state index < -0.39 is 9.84 Å². The van der Waals surface area contributed by atoms with Gasteiger partial charge in [0.05, 0.1) is 11.5 Å². The molecule has 1 fully saturated rings. The molecule has 1 saturated heterocycles. The minimum atomic E-state index is -2.77. The largest absolute Gasteiger partial charge is 0.298 e. The molecule has 5 heteroatoms. The van der Waals surface area contributed by atoms with Crippen LogP contribution in [0, 0.1) is 5.92 Å². The first-order valence-corrected chi connectivity index (χ1v) is 8.43. The first kappa shape index (κ1) is 13.5. The molecule has 1 heterocycles. The van der Waals surface area contributed by atoms with Gasteiger partial charge in [0.2, 0.25) is 0 Å². The van der Waals surface area contributed by atoms with Crippen LogP contribution in [0.1, 0.15) is 20.3 Å². The fourth-order valence-corrected chi connectivity index (χ4v) is 4.21. The highest BCUT2D eigenvalue weighted by molar-refractivity contribution is 9.09. The van der Waals surface area contributed by atoms with E-state index in [1.54, 1.807) is 0 Å². The van der Waals surface area contributed by atoms with Gasteiger partial charge in [0.15, 0.2) is 9.84 Å². The molecular formula is C10H20BrNO2S. The summed E-state index contributed by atoms with van der Waals surface area (Å²) in [6.07, 6.45) is 1.14. The lowest BCUT2D eigenvalue weighted by Crippen LogP contribution is -2.48. The molecule has 3 nitrogen and oxygen atoms in total. The Kier molecular flexibility index (Phi) is 5.06. The summed E-state index contributed by atoms with van der Waals surface area (Å²) in [7, 11) is -2.77. The molecule has 0 aromatic carbocycles. The summed E-state index contributed by atoms with van der Waals surface area (Å²) in [4.78, 5) is 2.30. The van der Waals surface area contributed by atoms with Crippen LogP contribution in [0.3, 0.4) is 0 Å². The van der Waals surface area contributed by atoms with Crippen LogP contribution in [-0.2, 0) is 9.84 Å². The molecule has 0 bridgehead atoms. The summed E-state index contributed by atoms with van der Waals surface area (Å²) >= 11 is 3.50. The van der Waals surface area contributed by atoms with E-state index in [2.05, 4.69) is 27.8 Å². The van der Waals surface area contributed by atoms with Gasteiger partial charge in [-0.2, -0.15) is 0 Å². The van der Waals surface area contributed by atoms with Crippen LogP contribution in [0.25, 0.3) is 0 Å². The maximum atomic E-state index is 11.4. The standard InChI is InChI=1S/C10H20BrNO2S/c1-3-10(6-11)7-12-4-5-15(13,14)8-9(12)2/h9-10H,3-8H2,1-2H3. The Labute approximate surface area is 101 Å². The van der Waals surface area contributed by atoms with Gasteiger partial charge in [-0.15, -0.1) is 0 Å². The van der Waals surface area contributed by atoms with Crippen molar-refractivity contribution in [1.82, 2.24) is 4.90 Å². The Morgan fingerprint density at radius 1 is 1.53 bits per heavy atom. The number of halogens is 1. The van der Waals surface area contributed by atoms with Crippen molar-refractivity contribution in [1.29, 1.82) is 0 Å². The molecule has 0 radical (unpaired) electrons. The molecule has 2 unspecified atom stereocenters. The monoisotopic (exact) mass is 297 g/mol. The second kappa shape index (κ2) is 5.64. The number of nitrogens with zero attached hydrogens (tertiary/aromatic N) is 1. The van der Waals surface area contributed by atoms with Crippen LogP contribution in [0.4, 0.5) is 0 Å². The third kappa shape index (κ3) is 4.04. The zero-order chi connectivity index (χ0) is 11.5. The Morgan fingerprint density at radius 2 is 2.20 bits per heavy atom. The lowest BCUT2D eigenvalue weighted by Gasteiger charge is -2.35. The van der Waals surface area contributed by atoms with E-state index in [9.17, 15) is 8.42 Å². The number of alkyl halides is 1. The van der Waals surface area contributed by atoms with Crippen molar-refractivity contribution in [2.75, 3.05) is 29.9 Å². The second-order valence-electron chi connectivity index (χ2n) is 4.39. The van der Waals surface area contributed by atoms with Crippen LogP contribution < -0.4 is 0 Å². The second-order valence-corrected chi connectivity index (χ2v) is 7.26. The Balaban J connectivity index is 2.51. The highest BCUT2D eigenvalue weighted by Crippen LogP contribution is 2.16. The van der Waals surface area contributed by atoms with Crippen LogP contribution in [0.2, 0.25) is 0 Å². The van der Waals surface area contributed by atoms with Crippen LogP contribution in [0.15, 0.2) is 0 Å². The lowest BCUT2D eigenvalue weighted by atomic mass is 10.1. The molecule has 1 aliphatic heterocycles. The van der Waals surface area contributed by atoms with E-state index in [0.717, 1.165) is 18.3 Å². The minimum absolute atomic E-state index is 0.178. The smallest absolute Gasteiger partial charge is 0.153 e. The third-order valence-corrected chi connectivity index (χ3v) is 5.81. The predicted molar refractivity (Wildman–Crippen MR) is 67.3 cm³/mol. The maximum absolute atomic E-state index is 11.4. The average Bonchev–Trinajstić information content (AvgIpc) is 2.16. The molecule has 0 aromatic heterocycles. The predicted octanol–water partition coefficient (Wildman–Crippen LogP) is 1.53. The summed E-state index contributed by atoms with van der Waals surface area (Å²) in [5.74, 6) is 1.29. The average molecular weight is 298 g/mol. The van der Waals surface area contributed by atoms with E-state index in [4.69, 9.17) is 0 Å². The van der Waals surface area contributed by atoms with E-state index in [0.29, 0.717) is 24.0 Å². The molecule has 1 rings (SSSR count). The van der Waals surface area contributed by atoms with Crippen molar-refractivity contribution in [2.24, 2.45) is 5.92 Å². The summed E-state index contributed by atoms with van der Waals surface area (Å²) < 4.78 is 22.8. The fraction of sp³-hybridized carbons (Fsp3) is 1.00. The molecular weight excluding hydrogens is 278 g/mol. The quantitative estimate of drug-likeness (QED) is 0.739. The number of rotatable bonds is 4. The van der Waals surface area contributed by atoms with Gasteiger partial charge in [0.25, 0.3) is 0 Å². The van der Waals surface area contributed by atoms with Crippen molar-refractivity contribution in [2.45, 2.75) is 26.3 Å². The van der Waals surface area contributed by atoms with Gasteiger partial charge < -0.3 is 0 Å². The van der Waals surface area contributed by atoms with Crippen LogP contribution in [-0.4, -0.2) is 49.3 Å². The van der Waals surface area contributed by atoms with E-state index in [1.165, 1.54) is 0 Å². The topological polar surface area (TPSA) is 37.4 Å². The highest BCUT2D eigenvalue weighted by atomic mass is 79.9. The first-order valence-electron chi connectivity index (χ1n) is 5.49. The first-order chi connectivity index (χ1) is 6.98. The summed E-state index contributed by atoms with van der Waals surface area (Å²) in [5, 5.41) is 0.999. The molecule has 2 atom stereocenters. The third-order valence-electron chi connectivity index (χ3n) is 3.10.